The van der Waals surface area contributed by atoms with Crippen LogP contribution in [0, 0.1) is 0 Å². The molecular weight excluding hydrogens is 182 g/mol. The highest BCUT2D eigenvalue weighted by atomic mass is 28.1. The van der Waals surface area contributed by atoms with Gasteiger partial charge in [-0.2, -0.15) is 0 Å². The van der Waals surface area contributed by atoms with E-state index < -0.39 is 5.91 Å². The predicted octanol–water partition coefficient (Wildman–Crippen LogP) is 0.203. The van der Waals surface area contributed by atoms with Crippen molar-refractivity contribution in [2.24, 2.45) is 0 Å². The van der Waals surface area contributed by atoms with E-state index in [0.717, 1.165) is 19.5 Å². The average molecular weight is 203 g/mol. The van der Waals surface area contributed by atoms with Crippen molar-refractivity contribution in [1.29, 1.82) is 0 Å². The maximum Gasteiger partial charge on any atom is 0.229 e. The second-order valence-corrected chi connectivity index (χ2v) is 4.57. The van der Waals surface area contributed by atoms with Crippen LogP contribution in [0.1, 0.15) is 19.3 Å². The van der Waals surface area contributed by atoms with Crippen LogP contribution in [0.25, 0.3) is 0 Å². The number of nitrogens with zero attached hydrogens (tertiary/aromatic N) is 1. The van der Waals surface area contributed by atoms with E-state index in [1.54, 1.807) is 14.2 Å². The molecule has 1 rings (SSSR count). The van der Waals surface area contributed by atoms with Crippen LogP contribution in [0.4, 0.5) is 0 Å². The first-order valence-corrected chi connectivity index (χ1v) is 6.56. The third kappa shape index (κ3) is 2.31. The zero-order valence-electron chi connectivity index (χ0n) is 9.01. The van der Waals surface area contributed by atoms with Crippen LogP contribution < -0.4 is 0 Å². The van der Waals surface area contributed by atoms with E-state index in [0.29, 0.717) is 0 Å². The van der Waals surface area contributed by atoms with Crippen molar-refractivity contribution >= 4 is 10.2 Å². The standard InChI is InChI=1S/C9H21NO2Si/c1-11-9(12-2)5-3-6-10(9)7-4-8-13/h3-8H2,1-2,13H3. The Morgan fingerprint density at radius 3 is 2.62 bits per heavy atom. The van der Waals surface area contributed by atoms with Crippen molar-refractivity contribution in [3.8, 4) is 0 Å². The minimum absolute atomic E-state index is 0.406. The molecule has 0 bridgehead atoms. The van der Waals surface area contributed by atoms with Crippen molar-refractivity contribution in [3.05, 3.63) is 0 Å². The highest BCUT2D eigenvalue weighted by Crippen LogP contribution is 2.30. The van der Waals surface area contributed by atoms with Gasteiger partial charge in [-0.05, 0) is 12.8 Å². The van der Waals surface area contributed by atoms with Gasteiger partial charge in [0.1, 0.15) is 0 Å². The lowest BCUT2D eigenvalue weighted by Crippen LogP contribution is -2.47. The minimum atomic E-state index is -0.406. The molecule has 0 N–H and O–H groups in total. The van der Waals surface area contributed by atoms with Crippen LogP contribution in [-0.2, 0) is 9.47 Å². The van der Waals surface area contributed by atoms with Gasteiger partial charge in [-0.15, -0.1) is 0 Å². The minimum Gasteiger partial charge on any atom is -0.341 e. The molecule has 3 nitrogen and oxygen atoms in total. The molecule has 78 valence electrons. The van der Waals surface area contributed by atoms with Crippen molar-refractivity contribution < 1.29 is 9.47 Å². The fraction of sp³-hybridized carbons (Fsp3) is 1.00. The summed E-state index contributed by atoms with van der Waals surface area (Å²) in [5, 5.41) is 0. The zero-order valence-corrected chi connectivity index (χ0v) is 11.0. The lowest BCUT2D eigenvalue weighted by atomic mass is 10.3. The molecule has 0 aromatic rings. The van der Waals surface area contributed by atoms with Gasteiger partial charge in [0.2, 0.25) is 5.91 Å². The summed E-state index contributed by atoms with van der Waals surface area (Å²) < 4.78 is 10.9. The number of hydrogen-bond acceptors (Lipinski definition) is 3. The van der Waals surface area contributed by atoms with Gasteiger partial charge in [-0.25, -0.2) is 0 Å². The van der Waals surface area contributed by atoms with E-state index in [2.05, 4.69) is 4.90 Å². The molecule has 0 aliphatic carbocycles. The molecule has 0 amide bonds. The molecule has 1 fully saturated rings. The van der Waals surface area contributed by atoms with Gasteiger partial charge in [0.25, 0.3) is 0 Å². The van der Waals surface area contributed by atoms with Crippen LogP contribution in [0.15, 0.2) is 0 Å². The Balaban J connectivity index is 2.50. The number of methoxy groups -OCH3 is 2. The summed E-state index contributed by atoms with van der Waals surface area (Å²) in [4.78, 5) is 2.32. The molecule has 1 saturated heterocycles. The van der Waals surface area contributed by atoms with E-state index in [4.69, 9.17) is 9.47 Å². The first-order valence-electron chi connectivity index (χ1n) is 5.14. The molecule has 0 radical (unpaired) electrons. The topological polar surface area (TPSA) is 21.7 Å². The highest BCUT2D eigenvalue weighted by molar-refractivity contribution is 6.08. The van der Waals surface area contributed by atoms with Crippen LogP contribution in [0.3, 0.4) is 0 Å². The van der Waals surface area contributed by atoms with Crippen LogP contribution in [0.5, 0.6) is 0 Å². The van der Waals surface area contributed by atoms with Gasteiger partial charge in [0.15, 0.2) is 0 Å². The van der Waals surface area contributed by atoms with Crippen molar-refractivity contribution in [2.45, 2.75) is 31.2 Å². The largest absolute Gasteiger partial charge is 0.341 e. The SMILES string of the molecule is COC1(OC)CCCN1CCC[SiH3]. The van der Waals surface area contributed by atoms with E-state index in [1.165, 1.54) is 29.1 Å². The number of likely N-dealkylation sites (tertiary alicyclic amines) is 1. The van der Waals surface area contributed by atoms with Gasteiger partial charge in [0.05, 0.1) is 0 Å². The van der Waals surface area contributed by atoms with Gasteiger partial charge in [0, 0.05) is 44.0 Å². The van der Waals surface area contributed by atoms with Crippen molar-refractivity contribution in [2.75, 3.05) is 27.3 Å². The van der Waals surface area contributed by atoms with E-state index in [9.17, 15) is 0 Å². The van der Waals surface area contributed by atoms with E-state index >= 15 is 0 Å². The lowest BCUT2D eigenvalue weighted by Gasteiger charge is -2.35. The highest BCUT2D eigenvalue weighted by Gasteiger charge is 2.40. The molecule has 0 atom stereocenters. The second kappa shape index (κ2) is 5.10. The van der Waals surface area contributed by atoms with Crippen LogP contribution in [-0.4, -0.2) is 48.4 Å². The fourth-order valence-corrected chi connectivity index (χ4v) is 2.31. The summed E-state index contributed by atoms with van der Waals surface area (Å²) in [5.41, 5.74) is 0. The summed E-state index contributed by atoms with van der Waals surface area (Å²) in [6.45, 7) is 2.23. The van der Waals surface area contributed by atoms with Crippen LogP contribution >= 0.6 is 0 Å². The summed E-state index contributed by atoms with van der Waals surface area (Å²) in [6, 6.07) is 1.36. The number of rotatable bonds is 5. The van der Waals surface area contributed by atoms with E-state index in [-0.39, 0.29) is 0 Å². The van der Waals surface area contributed by atoms with Gasteiger partial charge >= 0.3 is 0 Å². The smallest absolute Gasteiger partial charge is 0.229 e. The Kier molecular flexibility index (Phi) is 4.38. The van der Waals surface area contributed by atoms with Gasteiger partial charge in [-0.3, -0.25) is 4.90 Å². The molecule has 0 saturated carbocycles. The summed E-state index contributed by atoms with van der Waals surface area (Å²) in [6.07, 6.45) is 3.46. The molecule has 0 aromatic heterocycles. The third-order valence-electron chi connectivity index (χ3n) is 2.82. The lowest BCUT2D eigenvalue weighted by molar-refractivity contribution is -0.278. The second-order valence-electron chi connectivity index (χ2n) is 3.57. The Bertz CT molecular complexity index is 151. The molecule has 4 heteroatoms. The predicted molar refractivity (Wildman–Crippen MR) is 56.9 cm³/mol. The molecule has 1 aliphatic heterocycles. The molecule has 0 unspecified atom stereocenters. The zero-order chi connectivity index (χ0) is 9.73. The Labute approximate surface area is 83.8 Å². The van der Waals surface area contributed by atoms with E-state index in [1.807, 2.05) is 0 Å². The summed E-state index contributed by atoms with van der Waals surface area (Å²) in [5.74, 6) is -0.406. The normalized spacial score (nSPS) is 22.6. The Morgan fingerprint density at radius 2 is 2.08 bits per heavy atom. The van der Waals surface area contributed by atoms with Crippen LogP contribution in [0.2, 0.25) is 6.04 Å². The quantitative estimate of drug-likeness (QED) is 0.471. The molecule has 0 aromatic carbocycles. The average Bonchev–Trinajstić information content (AvgIpc) is 2.58. The Morgan fingerprint density at radius 1 is 1.38 bits per heavy atom. The first kappa shape index (κ1) is 11.2. The summed E-state index contributed by atoms with van der Waals surface area (Å²) in [7, 11) is 4.78. The van der Waals surface area contributed by atoms with Gasteiger partial charge in [-0.1, -0.05) is 6.04 Å². The summed E-state index contributed by atoms with van der Waals surface area (Å²) >= 11 is 0. The van der Waals surface area contributed by atoms with Gasteiger partial charge < -0.3 is 9.47 Å². The molecule has 1 aliphatic rings. The first-order chi connectivity index (χ1) is 6.29. The molecule has 1 heterocycles. The fourth-order valence-electron chi connectivity index (χ4n) is 2.00. The molecule has 0 spiro atoms. The molecule has 13 heavy (non-hydrogen) atoms. The maximum absolute atomic E-state index is 5.47. The third-order valence-corrected chi connectivity index (χ3v) is 3.53. The van der Waals surface area contributed by atoms with Crippen molar-refractivity contribution in [1.82, 2.24) is 4.90 Å². The number of ether oxygens (including phenoxy) is 2. The Hall–Kier alpha value is 0.0969. The number of hydrogen-bond donors (Lipinski definition) is 0. The molecular formula is C9H21NO2Si. The monoisotopic (exact) mass is 203 g/mol. The van der Waals surface area contributed by atoms with Crippen molar-refractivity contribution in [3.63, 3.8) is 0 Å². The maximum atomic E-state index is 5.47.